The Labute approximate surface area is 170 Å². The average Bonchev–Trinajstić information content (AvgIpc) is 2.73. The Morgan fingerprint density at radius 1 is 0.933 bits per heavy atom. The largest absolute Gasteiger partial charge is 0.493 e. The molecule has 0 atom stereocenters. The third-order valence-electron chi connectivity index (χ3n) is 3.98. The zero-order valence-corrected chi connectivity index (χ0v) is 16.4. The summed E-state index contributed by atoms with van der Waals surface area (Å²) in [4.78, 5) is 12.7. The van der Waals surface area contributed by atoms with Crippen LogP contribution < -0.4 is 19.5 Å². The Morgan fingerprint density at radius 2 is 1.70 bits per heavy atom. The van der Waals surface area contributed by atoms with Gasteiger partial charge in [-0.3, -0.25) is 0 Å². The number of rotatable bonds is 7. The molecule has 0 unspecified atom stereocenters. The molecule has 2 aromatic carbocycles. The third-order valence-corrected chi connectivity index (χ3v) is 3.98. The lowest BCUT2D eigenvalue weighted by Gasteiger charge is -2.12. The molecule has 0 saturated carbocycles. The van der Waals surface area contributed by atoms with Gasteiger partial charge < -0.3 is 19.5 Å². The quantitative estimate of drug-likeness (QED) is 0.593. The standard InChI is InChI=1S/C20H19F3N4O3/c1-4-30-19-26-17(12-8-9-15(28-2)16(10-12)29-3)25-18(27-19)24-14-7-5-6-13(11-14)20(21,22)23/h5-11H,4H2,1-3H3,(H,24,25,26,27). The summed E-state index contributed by atoms with van der Waals surface area (Å²) in [5.41, 5.74) is -0.0217. The topological polar surface area (TPSA) is 78.4 Å². The molecule has 0 amide bonds. The Bertz CT molecular complexity index is 1030. The van der Waals surface area contributed by atoms with Crippen molar-refractivity contribution in [3.05, 3.63) is 48.0 Å². The number of benzene rings is 2. The van der Waals surface area contributed by atoms with Crippen molar-refractivity contribution in [3.63, 3.8) is 0 Å². The smallest absolute Gasteiger partial charge is 0.416 e. The molecule has 0 aliphatic carbocycles. The monoisotopic (exact) mass is 420 g/mol. The van der Waals surface area contributed by atoms with Gasteiger partial charge in [0.2, 0.25) is 5.95 Å². The Balaban J connectivity index is 2.00. The molecular weight excluding hydrogens is 401 g/mol. The maximum Gasteiger partial charge on any atom is 0.416 e. The number of nitrogens with one attached hydrogen (secondary N) is 1. The molecule has 0 fully saturated rings. The molecule has 0 spiro atoms. The van der Waals surface area contributed by atoms with Crippen LogP contribution in [0.4, 0.5) is 24.8 Å². The highest BCUT2D eigenvalue weighted by atomic mass is 19.4. The summed E-state index contributed by atoms with van der Waals surface area (Å²) in [6, 6.07) is 9.86. The highest BCUT2D eigenvalue weighted by Crippen LogP contribution is 2.33. The van der Waals surface area contributed by atoms with E-state index in [4.69, 9.17) is 14.2 Å². The van der Waals surface area contributed by atoms with Crippen LogP contribution in [0.2, 0.25) is 0 Å². The van der Waals surface area contributed by atoms with Crippen LogP contribution in [-0.4, -0.2) is 35.8 Å². The van der Waals surface area contributed by atoms with E-state index in [1.807, 2.05) is 0 Å². The van der Waals surface area contributed by atoms with Gasteiger partial charge in [-0.1, -0.05) is 6.07 Å². The van der Waals surface area contributed by atoms with Crippen LogP contribution >= 0.6 is 0 Å². The maximum absolute atomic E-state index is 13.0. The number of nitrogens with zero attached hydrogens (tertiary/aromatic N) is 3. The molecular formula is C20H19F3N4O3. The van der Waals surface area contributed by atoms with Crippen LogP contribution in [0.25, 0.3) is 11.4 Å². The van der Waals surface area contributed by atoms with Crippen molar-refractivity contribution in [2.45, 2.75) is 13.1 Å². The number of hydrogen-bond acceptors (Lipinski definition) is 7. The van der Waals surface area contributed by atoms with Crippen LogP contribution in [0, 0.1) is 0 Å². The molecule has 10 heteroatoms. The first-order chi connectivity index (χ1) is 14.3. The molecule has 0 bridgehead atoms. The number of anilines is 2. The number of methoxy groups -OCH3 is 2. The van der Waals surface area contributed by atoms with E-state index in [1.54, 1.807) is 25.1 Å². The Hall–Kier alpha value is -3.56. The first-order valence-electron chi connectivity index (χ1n) is 8.89. The minimum Gasteiger partial charge on any atom is -0.493 e. The fourth-order valence-electron chi connectivity index (χ4n) is 2.61. The predicted octanol–water partition coefficient (Wildman–Crippen LogP) is 4.72. The summed E-state index contributed by atoms with van der Waals surface area (Å²) in [7, 11) is 3.02. The Kier molecular flexibility index (Phi) is 6.24. The first-order valence-corrected chi connectivity index (χ1v) is 8.89. The van der Waals surface area contributed by atoms with E-state index >= 15 is 0 Å². The van der Waals surface area contributed by atoms with Crippen LogP contribution in [0.1, 0.15) is 12.5 Å². The number of ether oxygens (including phenoxy) is 3. The second-order valence-electron chi connectivity index (χ2n) is 5.97. The molecule has 1 aromatic heterocycles. The van der Waals surface area contributed by atoms with E-state index < -0.39 is 11.7 Å². The molecule has 0 saturated heterocycles. The average molecular weight is 420 g/mol. The van der Waals surface area contributed by atoms with E-state index in [9.17, 15) is 13.2 Å². The minimum absolute atomic E-state index is 0.0340. The van der Waals surface area contributed by atoms with Gasteiger partial charge in [0, 0.05) is 11.3 Å². The van der Waals surface area contributed by atoms with Gasteiger partial charge in [-0.25, -0.2) is 0 Å². The first kappa shape index (κ1) is 21.2. The summed E-state index contributed by atoms with van der Waals surface area (Å²) < 4.78 is 54.8. The third kappa shape index (κ3) is 4.88. The molecule has 0 aliphatic rings. The normalized spacial score (nSPS) is 11.1. The highest BCUT2D eigenvalue weighted by Gasteiger charge is 2.30. The molecule has 0 aliphatic heterocycles. The lowest BCUT2D eigenvalue weighted by molar-refractivity contribution is -0.137. The van der Waals surface area contributed by atoms with Gasteiger partial charge in [0.25, 0.3) is 0 Å². The van der Waals surface area contributed by atoms with Gasteiger partial charge in [-0.05, 0) is 43.3 Å². The fourth-order valence-corrected chi connectivity index (χ4v) is 2.61. The summed E-state index contributed by atoms with van der Waals surface area (Å²) in [6.45, 7) is 2.07. The van der Waals surface area contributed by atoms with Crippen molar-refractivity contribution in [1.29, 1.82) is 0 Å². The molecule has 0 radical (unpaired) electrons. The van der Waals surface area contributed by atoms with Crippen LogP contribution in [-0.2, 0) is 6.18 Å². The van der Waals surface area contributed by atoms with E-state index in [-0.39, 0.29) is 23.5 Å². The van der Waals surface area contributed by atoms with Crippen molar-refractivity contribution in [2.24, 2.45) is 0 Å². The van der Waals surface area contributed by atoms with Gasteiger partial charge in [-0.15, -0.1) is 0 Å². The molecule has 30 heavy (non-hydrogen) atoms. The minimum atomic E-state index is -4.46. The van der Waals surface area contributed by atoms with E-state index in [2.05, 4.69) is 20.3 Å². The van der Waals surface area contributed by atoms with E-state index in [0.29, 0.717) is 23.7 Å². The van der Waals surface area contributed by atoms with Crippen molar-refractivity contribution in [2.75, 3.05) is 26.1 Å². The molecule has 1 N–H and O–H groups in total. The van der Waals surface area contributed by atoms with Crippen molar-refractivity contribution < 1.29 is 27.4 Å². The van der Waals surface area contributed by atoms with Gasteiger partial charge in [-0.2, -0.15) is 28.1 Å². The Morgan fingerprint density at radius 3 is 2.37 bits per heavy atom. The van der Waals surface area contributed by atoms with Gasteiger partial charge >= 0.3 is 12.2 Å². The SMILES string of the molecule is CCOc1nc(Nc2cccc(C(F)(F)F)c2)nc(-c2ccc(OC)c(OC)c2)n1. The molecule has 7 nitrogen and oxygen atoms in total. The summed E-state index contributed by atoms with van der Waals surface area (Å²) in [6.07, 6.45) is -4.46. The second-order valence-corrected chi connectivity index (χ2v) is 5.97. The number of aromatic nitrogens is 3. The summed E-state index contributed by atoms with van der Waals surface area (Å²) in [5, 5.41) is 2.78. The fraction of sp³-hybridized carbons (Fsp3) is 0.250. The van der Waals surface area contributed by atoms with Gasteiger partial charge in [0.05, 0.1) is 26.4 Å². The molecule has 3 rings (SSSR count). The number of alkyl halides is 3. The molecule has 1 heterocycles. The predicted molar refractivity (Wildman–Crippen MR) is 104 cm³/mol. The van der Waals surface area contributed by atoms with Crippen LogP contribution in [0.3, 0.4) is 0 Å². The van der Waals surface area contributed by atoms with Crippen LogP contribution in [0.15, 0.2) is 42.5 Å². The second kappa shape index (κ2) is 8.85. The zero-order valence-electron chi connectivity index (χ0n) is 16.4. The summed E-state index contributed by atoms with van der Waals surface area (Å²) in [5.74, 6) is 1.30. The zero-order chi connectivity index (χ0) is 21.7. The van der Waals surface area contributed by atoms with Crippen molar-refractivity contribution >= 4 is 11.6 Å². The molecule has 3 aromatic rings. The van der Waals surface area contributed by atoms with E-state index in [0.717, 1.165) is 12.1 Å². The number of halogens is 3. The van der Waals surface area contributed by atoms with Crippen molar-refractivity contribution in [1.82, 2.24) is 15.0 Å². The van der Waals surface area contributed by atoms with Crippen LogP contribution in [0.5, 0.6) is 17.5 Å². The van der Waals surface area contributed by atoms with Gasteiger partial charge in [0.15, 0.2) is 17.3 Å². The molecule has 158 valence electrons. The number of hydrogen-bond donors (Lipinski definition) is 1. The lowest BCUT2D eigenvalue weighted by atomic mass is 10.2. The maximum atomic E-state index is 13.0. The highest BCUT2D eigenvalue weighted by molar-refractivity contribution is 5.63. The van der Waals surface area contributed by atoms with E-state index in [1.165, 1.54) is 26.4 Å². The lowest BCUT2D eigenvalue weighted by Crippen LogP contribution is -2.07. The van der Waals surface area contributed by atoms with Crippen molar-refractivity contribution in [3.8, 4) is 28.9 Å². The van der Waals surface area contributed by atoms with Gasteiger partial charge in [0.1, 0.15) is 0 Å². The summed E-state index contributed by atoms with van der Waals surface area (Å²) >= 11 is 0.